The molecule has 0 aliphatic carbocycles. The Morgan fingerprint density at radius 2 is 1.96 bits per heavy atom. The van der Waals surface area contributed by atoms with Gasteiger partial charge in [0.15, 0.2) is 0 Å². The predicted octanol–water partition coefficient (Wildman–Crippen LogP) is 1.70. The van der Waals surface area contributed by atoms with Crippen LogP contribution in [0.2, 0.25) is 0 Å². The van der Waals surface area contributed by atoms with Crippen LogP contribution < -0.4 is 4.90 Å². The summed E-state index contributed by atoms with van der Waals surface area (Å²) < 4.78 is 0. The van der Waals surface area contributed by atoms with Crippen LogP contribution in [-0.2, 0) is 14.4 Å². The van der Waals surface area contributed by atoms with E-state index in [2.05, 4.69) is 14.8 Å². The lowest BCUT2D eigenvalue weighted by molar-refractivity contribution is -0.192. The van der Waals surface area contributed by atoms with Gasteiger partial charge in [-0.05, 0) is 31.4 Å². The number of pyridine rings is 1. The van der Waals surface area contributed by atoms with Gasteiger partial charge >= 0.3 is 6.47 Å². The quantitative estimate of drug-likeness (QED) is 0.690. The largest absolute Gasteiger partial charge is 0.354 e. The fraction of sp³-hybridized carbons (Fsp3) is 0.632. The van der Waals surface area contributed by atoms with Gasteiger partial charge in [0.1, 0.15) is 5.82 Å². The van der Waals surface area contributed by atoms with E-state index in [-0.39, 0.29) is 11.9 Å². The molecule has 0 N–H and O–H groups in total. The first-order chi connectivity index (χ1) is 12.6. The summed E-state index contributed by atoms with van der Waals surface area (Å²) in [7, 11) is 0. The molecule has 2 saturated heterocycles. The number of piperazine rings is 1. The van der Waals surface area contributed by atoms with Crippen molar-refractivity contribution in [1.82, 2.24) is 14.9 Å². The third-order valence-electron chi connectivity index (χ3n) is 5.94. The number of amides is 1. The first kappa shape index (κ1) is 18.6. The average Bonchev–Trinajstić information content (AvgIpc) is 2.95. The fourth-order valence-corrected chi connectivity index (χ4v) is 4.18. The molecule has 0 unspecified atom stereocenters. The number of anilines is 1. The molecule has 142 valence electrons. The molecule has 2 aliphatic rings. The van der Waals surface area contributed by atoms with E-state index in [1.165, 1.54) is 5.06 Å². The van der Waals surface area contributed by atoms with Gasteiger partial charge in [-0.3, -0.25) is 14.5 Å². The zero-order valence-electron chi connectivity index (χ0n) is 15.6. The van der Waals surface area contributed by atoms with Crippen molar-refractivity contribution < 1.29 is 14.4 Å². The highest BCUT2D eigenvalue weighted by Crippen LogP contribution is 2.42. The second-order valence-corrected chi connectivity index (χ2v) is 7.15. The van der Waals surface area contributed by atoms with E-state index in [0.29, 0.717) is 6.47 Å². The van der Waals surface area contributed by atoms with Crippen molar-refractivity contribution in [3.8, 4) is 0 Å². The first-order valence-electron chi connectivity index (χ1n) is 9.46. The van der Waals surface area contributed by atoms with Gasteiger partial charge < -0.3 is 9.74 Å². The minimum absolute atomic E-state index is 0.0493. The van der Waals surface area contributed by atoms with E-state index in [4.69, 9.17) is 4.84 Å². The third kappa shape index (κ3) is 3.53. The number of hydroxylamine groups is 2. The summed E-state index contributed by atoms with van der Waals surface area (Å²) in [5.41, 5.74) is -0.399. The summed E-state index contributed by atoms with van der Waals surface area (Å²) in [5.74, 6) is 0.955. The molecular weight excluding hydrogens is 332 g/mol. The molecule has 7 heteroatoms. The van der Waals surface area contributed by atoms with Crippen LogP contribution in [-0.4, -0.2) is 66.1 Å². The standard InChI is InChI=1S/C19H28N4O3/c1-3-19(4-2)13-16(23(18(19)25)26-15-24)14-21-9-11-22(12-10-21)17-7-5-6-8-20-17/h5-8,15-16H,3-4,9-14H2,1-2H3/t16-/m1/s1. The van der Waals surface area contributed by atoms with Crippen LogP contribution in [0.15, 0.2) is 24.4 Å². The molecule has 0 saturated carbocycles. The molecule has 1 amide bonds. The topological polar surface area (TPSA) is 66.0 Å². The minimum atomic E-state index is -0.399. The Labute approximate surface area is 154 Å². The van der Waals surface area contributed by atoms with Crippen LogP contribution >= 0.6 is 0 Å². The molecule has 1 aromatic rings. The Hall–Kier alpha value is -2.15. The SMILES string of the molecule is CCC1(CC)C[C@H](CN2CCN(c3ccccn3)CC2)N(OC=O)C1=O. The zero-order valence-corrected chi connectivity index (χ0v) is 15.6. The van der Waals surface area contributed by atoms with Crippen molar-refractivity contribution in [2.45, 2.75) is 39.2 Å². The monoisotopic (exact) mass is 360 g/mol. The lowest BCUT2D eigenvalue weighted by Gasteiger charge is -2.37. The van der Waals surface area contributed by atoms with Crippen LogP contribution in [0.4, 0.5) is 5.82 Å². The van der Waals surface area contributed by atoms with Crippen LogP contribution in [0.5, 0.6) is 0 Å². The van der Waals surface area contributed by atoms with Gasteiger partial charge in [0.05, 0.1) is 11.5 Å². The number of hydrogen-bond donors (Lipinski definition) is 0. The van der Waals surface area contributed by atoms with E-state index in [0.717, 1.165) is 57.8 Å². The van der Waals surface area contributed by atoms with E-state index < -0.39 is 5.41 Å². The Balaban J connectivity index is 1.61. The first-order valence-corrected chi connectivity index (χ1v) is 9.46. The molecule has 0 radical (unpaired) electrons. The second kappa shape index (κ2) is 8.03. The van der Waals surface area contributed by atoms with Gasteiger partial charge in [-0.15, -0.1) is 0 Å². The molecule has 2 fully saturated rings. The Morgan fingerprint density at radius 3 is 2.54 bits per heavy atom. The zero-order chi connectivity index (χ0) is 18.6. The fourth-order valence-electron chi connectivity index (χ4n) is 4.18. The molecule has 0 bridgehead atoms. The molecule has 7 nitrogen and oxygen atoms in total. The summed E-state index contributed by atoms with van der Waals surface area (Å²) in [5, 5.41) is 1.32. The van der Waals surface area contributed by atoms with E-state index in [9.17, 15) is 9.59 Å². The van der Waals surface area contributed by atoms with Crippen LogP contribution in [0, 0.1) is 5.41 Å². The van der Waals surface area contributed by atoms with Crippen molar-refractivity contribution in [3.05, 3.63) is 24.4 Å². The number of aromatic nitrogens is 1. The normalized spacial score (nSPS) is 23.3. The molecule has 3 rings (SSSR count). The summed E-state index contributed by atoms with van der Waals surface area (Å²) in [6.45, 7) is 8.78. The Morgan fingerprint density at radius 1 is 1.23 bits per heavy atom. The molecule has 0 spiro atoms. The van der Waals surface area contributed by atoms with Crippen molar-refractivity contribution in [1.29, 1.82) is 0 Å². The van der Waals surface area contributed by atoms with Gasteiger partial charge in [-0.25, -0.2) is 4.98 Å². The van der Waals surface area contributed by atoms with Crippen LogP contribution in [0.1, 0.15) is 33.1 Å². The Bertz CT molecular complexity index is 612. The van der Waals surface area contributed by atoms with E-state index in [1.54, 1.807) is 0 Å². The van der Waals surface area contributed by atoms with Gasteiger partial charge in [0, 0.05) is 38.9 Å². The molecular formula is C19H28N4O3. The minimum Gasteiger partial charge on any atom is -0.354 e. The number of hydrogen-bond acceptors (Lipinski definition) is 6. The molecule has 1 atom stereocenters. The maximum absolute atomic E-state index is 12.8. The molecule has 3 heterocycles. The number of rotatable bonds is 7. The van der Waals surface area contributed by atoms with Crippen molar-refractivity contribution in [2.24, 2.45) is 5.41 Å². The molecule has 1 aromatic heterocycles. The average molecular weight is 360 g/mol. The second-order valence-electron chi connectivity index (χ2n) is 7.15. The molecule has 2 aliphatic heterocycles. The lowest BCUT2D eigenvalue weighted by Crippen LogP contribution is -2.50. The number of carbonyl (C=O) groups excluding carboxylic acids is 2. The van der Waals surface area contributed by atoms with Gasteiger partial charge in [-0.1, -0.05) is 19.9 Å². The van der Waals surface area contributed by atoms with Crippen LogP contribution in [0.25, 0.3) is 0 Å². The predicted molar refractivity (Wildman–Crippen MR) is 98.3 cm³/mol. The van der Waals surface area contributed by atoms with Crippen LogP contribution in [0.3, 0.4) is 0 Å². The molecule has 0 aromatic carbocycles. The number of nitrogens with zero attached hydrogens (tertiary/aromatic N) is 4. The summed E-state index contributed by atoms with van der Waals surface area (Å²) in [6.07, 6.45) is 4.10. The van der Waals surface area contributed by atoms with Gasteiger partial charge in [0.25, 0.3) is 5.91 Å². The van der Waals surface area contributed by atoms with Gasteiger partial charge in [0.2, 0.25) is 0 Å². The highest BCUT2D eigenvalue weighted by molar-refractivity contribution is 5.85. The summed E-state index contributed by atoms with van der Waals surface area (Å²) >= 11 is 0. The third-order valence-corrected chi connectivity index (χ3v) is 5.94. The highest BCUT2D eigenvalue weighted by atomic mass is 16.7. The number of carbonyl (C=O) groups is 2. The Kier molecular flexibility index (Phi) is 5.76. The summed E-state index contributed by atoms with van der Waals surface area (Å²) in [6, 6.07) is 5.88. The highest BCUT2D eigenvalue weighted by Gasteiger charge is 2.51. The van der Waals surface area contributed by atoms with E-state index in [1.807, 2.05) is 38.2 Å². The molecule has 26 heavy (non-hydrogen) atoms. The van der Waals surface area contributed by atoms with Crippen molar-refractivity contribution >= 4 is 18.2 Å². The smallest absolute Gasteiger partial charge is 0.320 e. The summed E-state index contributed by atoms with van der Waals surface area (Å²) in [4.78, 5) is 37.8. The van der Waals surface area contributed by atoms with E-state index >= 15 is 0 Å². The maximum atomic E-state index is 12.8. The lowest BCUT2D eigenvalue weighted by atomic mass is 9.79. The van der Waals surface area contributed by atoms with Crippen molar-refractivity contribution in [2.75, 3.05) is 37.6 Å². The maximum Gasteiger partial charge on any atom is 0.320 e. The van der Waals surface area contributed by atoms with Crippen molar-refractivity contribution in [3.63, 3.8) is 0 Å². The van der Waals surface area contributed by atoms with Gasteiger partial charge in [-0.2, -0.15) is 5.06 Å².